The van der Waals surface area contributed by atoms with E-state index in [4.69, 9.17) is 0 Å². The van der Waals surface area contributed by atoms with Crippen LogP contribution in [0, 0.1) is 6.92 Å². The lowest BCUT2D eigenvalue weighted by Gasteiger charge is -2.10. The molecule has 3 aromatic rings. The second-order valence-electron chi connectivity index (χ2n) is 5.85. The van der Waals surface area contributed by atoms with Gasteiger partial charge >= 0.3 is 0 Å². The van der Waals surface area contributed by atoms with E-state index in [1.54, 1.807) is 6.07 Å². The second kappa shape index (κ2) is 7.62. The van der Waals surface area contributed by atoms with E-state index < -0.39 is 0 Å². The van der Waals surface area contributed by atoms with Gasteiger partial charge in [-0.05, 0) is 35.4 Å². The Hall–Kier alpha value is -3.14. The number of benzene rings is 3. The molecule has 2 N–H and O–H groups in total. The molecule has 0 unspecified atom stereocenters. The molecule has 0 bridgehead atoms. The lowest BCUT2D eigenvalue weighted by Crippen LogP contribution is -2.35. The quantitative estimate of drug-likeness (QED) is 0.704. The number of aryl methyl sites for hydroxylation is 1. The third kappa shape index (κ3) is 3.86. The van der Waals surface area contributed by atoms with Gasteiger partial charge in [0.05, 0.1) is 0 Å². The zero-order valence-electron chi connectivity index (χ0n) is 14.1. The van der Waals surface area contributed by atoms with Gasteiger partial charge in [-0.15, -0.1) is 0 Å². The highest BCUT2D eigenvalue weighted by atomic mass is 16.2. The third-order valence-corrected chi connectivity index (χ3v) is 4.12. The van der Waals surface area contributed by atoms with E-state index in [0.29, 0.717) is 24.2 Å². The van der Waals surface area contributed by atoms with E-state index in [1.807, 2.05) is 67.6 Å². The Bertz CT molecular complexity index is 913. The molecule has 0 atom stereocenters. The first-order valence-corrected chi connectivity index (χ1v) is 8.26. The van der Waals surface area contributed by atoms with Crippen molar-refractivity contribution in [1.82, 2.24) is 10.6 Å². The van der Waals surface area contributed by atoms with E-state index in [1.165, 1.54) is 0 Å². The highest BCUT2D eigenvalue weighted by Crippen LogP contribution is 2.18. The molecule has 4 heteroatoms. The van der Waals surface area contributed by atoms with Gasteiger partial charge < -0.3 is 10.6 Å². The number of fused-ring (bicyclic) bond motifs is 1. The van der Waals surface area contributed by atoms with Crippen molar-refractivity contribution < 1.29 is 9.59 Å². The SMILES string of the molecule is Cc1ccccc1C(=O)NCCNC(=O)c1cccc2ccccc12. The van der Waals surface area contributed by atoms with Crippen LogP contribution in [0.25, 0.3) is 10.8 Å². The minimum absolute atomic E-state index is 0.127. The summed E-state index contributed by atoms with van der Waals surface area (Å²) in [5.41, 5.74) is 2.23. The van der Waals surface area contributed by atoms with Gasteiger partial charge in [0.1, 0.15) is 0 Å². The molecule has 0 saturated heterocycles. The number of rotatable bonds is 5. The van der Waals surface area contributed by atoms with Crippen LogP contribution in [0.1, 0.15) is 26.3 Å². The fraction of sp³-hybridized carbons (Fsp3) is 0.143. The molecule has 0 aliphatic rings. The van der Waals surface area contributed by atoms with Crippen LogP contribution in [-0.2, 0) is 0 Å². The molecule has 0 saturated carbocycles. The van der Waals surface area contributed by atoms with Gasteiger partial charge in [0.15, 0.2) is 0 Å². The molecular formula is C21H20N2O2. The van der Waals surface area contributed by atoms with Crippen molar-refractivity contribution >= 4 is 22.6 Å². The van der Waals surface area contributed by atoms with E-state index in [2.05, 4.69) is 10.6 Å². The van der Waals surface area contributed by atoms with Crippen molar-refractivity contribution in [2.75, 3.05) is 13.1 Å². The summed E-state index contributed by atoms with van der Waals surface area (Å²) in [6.45, 7) is 2.65. The van der Waals surface area contributed by atoms with Crippen LogP contribution in [0.3, 0.4) is 0 Å². The maximum atomic E-state index is 12.4. The molecule has 25 heavy (non-hydrogen) atoms. The lowest BCUT2D eigenvalue weighted by molar-refractivity contribution is 0.0928. The number of hydrogen-bond donors (Lipinski definition) is 2. The zero-order valence-corrected chi connectivity index (χ0v) is 14.1. The zero-order chi connectivity index (χ0) is 17.6. The van der Waals surface area contributed by atoms with Crippen molar-refractivity contribution in [2.24, 2.45) is 0 Å². The summed E-state index contributed by atoms with van der Waals surface area (Å²) < 4.78 is 0. The molecule has 0 aliphatic carbocycles. The predicted molar refractivity (Wildman–Crippen MR) is 99.8 cm³/mol. The topological polar surface area (TPSA) is 58.2 Å². The second-order valence-corrected chi connectivity index (χ2v) is 5.85. The molecular weight excluding hydrogens is 312 g/mol. The summed E-state index contributed by atoms with van der Waals surface area (Å²) >= 11 is 0. The average molecular weight is 332 g/mol. The van der Waals surface area contributed by atoms with Crippen LogP contribution in [0.15, 0.2) is 66.7 Å². The lowest BCUT2D eigenvalue weighted by atomic mass is 10.0. The van der Waals surface area contributed by atoms with Crippen molar-refractivity contribution in [3.63, 3.8) is 0 Å². The summed E-state index contributed by atoms with van der Waals surface area (Å²) in [5, 5.41) is 7.64. The van der Waals surface area contributed by atoms with Gasteiger partial charge in [0, 0.05) is 24.2 Å². The maximum Gasteiger partial charge on any atom is 0.251 e. The van der Waals surface area contributed by atoms with Crippen LogP contribution in [-0.4, -0.2) is 24.9 Å². The first-order chi connectivity index (χ1) is 12.2. The monoisotopic (exact) mass is 332 g/mol. The normalized spacial score (nSPS) is 10.4. The molecule has 0 radical (unpaired) electrons. The van der Waals surface area contributed by atoms with Gasteiger partial charge in [-0.2, -0.15) is 0 Å². The molecule has 3 aromatic carbocycles. The van der Waals surface area contributed by atoms with Crippen LogP contribution >= 0.6 is 0 Å². The molecule has 0 spiro atoms. The van der Waals surface area contributed by atoms with Gasteiger partial charge in [0.25, 0.3) is 11.8 Å². The summed E-state index contributed by atoms with van der Waals surface area (Å²) in [4.78, 5) is 24.5. The summed E-state index contributed by atoms with van der Waals surface area (Å²) in [5.74, 6) is -0.264. The van der Waals surface area contributed by atoms with Gasteiger partial charge in [-0.3, -0.25) is 9.59 Å². The largest absolute Gasteiger partial charge is 0.350 e. The average Bonchev–Trinajstić information content (AvgIpc) is 2.64. The minimum Gasteiger partial charge on any atom is -0.350 e. The Balaban J connectivity index is 1.56. The Morgan fingerprint density at radius 3 is 2.04 bits per heavy atom. The highest BCUT2D eigenvalue weighted by Gasteiger charge is 2.10. The van der Waals surface area contributed by atoms with Crippen LogP contribution in [0.2, 0.25) is 0 Å². The number of hydrogen-bond acceptors (Lipinski definition) is 2. The number of carbonyl (C=O) groups is 2. The van der Waals surface area contributed by atoms with Crippen molar-refractivity contribution in [2.45, 2.75) is 6.92 Å². The third-order valence-electron chi connectivity index (χ3n) is 4.12. The Labute approximate surface area is 146 Å². The first-order valence-electron chi connectivity index (χ1n) is 8.26. The van der Waals surface area contributed by atoms with Crippen LogP contribution < -0.4 is 10.6 Å². The smallest absolute Gasteiger partial charge is 0.251 e. The Morgan fingerprint density at radius 1 is 0.720 bits per heavy atom. The van der Waals surface area contributed by atoms with Crippen molar-refractivity contribution in [3.05, 3.63) is 83.4 Å². The van der Waals surface area contributed by atoms with Gasteiger partial charge in [-0.25, -0.2) is 0 Å². The van der Waals surface area contributed by atoms with E-state index in [0.717, 1.165) is 16.3 Å². The molecule has 0 fully saturated rings. The van der Waals surface area contributed by atoms with Crippen LogP contribution in [0.4, 0.5) is 0 Å². The molecule has 126 valence electrons. The standard InChI is InChI=1S/C21H20N2O2/c1-15-7-2-4-10-17(15)20(24)22-13-14-23-21(25)19-12-6-9-16-8-3-5-11-18(16)19/h2-12H,13-14H2,1H3,(H,22,24)(H,23,25). The summed E-state index contributed by atoms with van der Waals surface area (Å²) in [6.07, 6.45) is 0. The Kier molecular flexibility index (Phi) is 5.09. The van der Waals surface area contributed by atoms with Gasteiger partial charge in [-0.1, -0.05) is 54.6 Å². The molecule has 3 rings (SSSR count). The molecule has 4 nitrogen and oxygen atoms in total. The van der Waals surface area contributed by atoms with E-state index in [-0.39, 0.29) is 11.8 Å². The van der Waals surface area contributed by atoms with E-state index in [9.17, 15) is 9.59 Å². The molecule has 0 aliphatic heterocycles. The van der Waals surface area contributed by atoms with Crippen LogP contribution in [0.5, 0.6) is 0 Å². The summed E-state index contributed by atoms with van der Waals surface area (Å²) in [6, 6.07) is 20.9. The molecule has 2 amide bonds. The fourth-order valence-electron chi connectivity index (χ4n) is 2.79. The molecule has 0 heterocycles. The number of nitrogens with one attached hydrogen (secondary N) is 2. The first kappa shape index (κ1) is 16.7. The fourth-order valence-corrected chi connectivity index (χ4v) is 2.79. The Morgan fingerprint density at radius 2 is 1.28 bits per heavy atom. The van der Waals surface area contributed by atoms with E-state index >= 15 is 0 Å². The number of carbonyl (C=O) groups excluding carboxylic acids is 2. The summed E-state index contributed by atoms with van der Waals surface area (Å²) in [7, 11) is 0. The van der Waals surface area contributed by atoms with Crippen molar-refractivity contribution in [1.29, 1.82) is 0 Å². The van der Waals surface area contributed by atoms with Crippen molar-refractivity contribution in [3.8, 4) is 0 Å². The maximum absolute atomic E-state index is 12.4. The van der Waals surface area contributed by atoms with Gasteiger partial charge in [0.2, 0.25) is 0 Å². The minimum atomic E-state index is -0.137. The number of amides is 2. The highest BCUT2D eigenvalue weighted by molar-refractivity contribution is 6.07. The predicted octanol–water partition coefficient (Wildman–Crippen LogP) is 3.31. The molecule has 0 aromatic heterocycles.